The van der Waals surface area contributed by atoms with E-state index in [1.54, 1.807) is 7.11 Å². The molecule has 0 amide bonds. The second kappa shape index (κ2) is 7.77. The topological polar surface area (TPSA) is 81.7 Å². The maximum absolute atomic E-state index is 12.5. The maximum atomic E-state index is 12.5. The van der Waals surface area contributed by atoms with E-state index >= 15 is 0 Å². The fraction of sp³-hybridized carbons (Fsp3) is 0.150. The molecule has 0 radical (unpaired) electrons. The van der Waals surface area contributed by atoms with Gasteiger partial charge in [-0.05, 0) is 58.8 Å². The van der Waals surface area contributed by atoms with Gasteiger partial charge in [-0.15, -0.1) is 0 Å². The van der Waals surface area contributed by atoms with Crippen LogP contribution in [0.1, 0.15) is 15.9 Å². The largest absolute Gasteiger partial charge is 0.497 e. The smallest absolute Gasteiger partial charge is 0.337 e. The van der Waals surface area contributed by atoms with Gasteiger partial charge in [-0.3, -0.25) is 0 Å². The predicted octanol–water partition coefficient (Wildman–Crippen LogP) is 3.11. The van der Waals surface area contributed by atoms with Crippen LogP contribution in [0.2, 0.25) is 0 Å². The van der Waals surface area contributed by atoms with Gasteiger partial charge in [0.25, 0.3) is 0 Å². The van der Waals surface area contributed by atoms with E-state index in [0.29, 0.717) is 5.56 Å². The van der Waals surface area contributed by atoms with Gasteiger partial charge in [0.1, 0.15) is 5.75 Å². The fourth-order valence-electron chi connectivity index (χ4n) is 2.66. The van der Waals surface area contributed by atoms with E-state index in [1.165, 1.54) is 31.4 Å². The molecule has 0 atom stereocenters. The molecule has 0 spiro atoms. The summed E-state index contributed by atoms with van der Waals surface area (Å²) in [7, 11) is -0.809. The Balaban J connectivity index is 1.74. The normalized spacial score (nSPS) is 11.3. The number of hydrogen-bond donors (Lipinski definition) is 1. The monoisotopic (exact) mass is 385 g/mol. The lowest BCUT2D eigenvalue weighted by Crippen LogP contribution is -2.23. The first kappa shape index (κ1) is 18.9. The van der Waals surface area contributed by atoms with Gasteiger partial charge in [0, 0.05) is 6.54 Å². The van der Waals surface area contributed by atoms with E-state index < -0.39 is 16.0 Å². The van der Waals surface area contributed by atoms with Crippen molar-refractivity contribution in [2.75, 3.05) is 14.2 Å². The van der Waals surface area contributed by atoms with Crippen LogP contribution >= 0.6 is 0 Å². The van der Waals surface area contributed by atoms with Gasteiger partial charge in [0.2, 0.25) is 10.0 Å². The van der Waals surface area contributed by atoms with Crippen LogP contribution in [0.25, 0.3) is 10.8 Å². The number of hydrogen-bond acceptors (Lipinski definition) is 5. The Morgan fingerprint density at radius 3 is 2.26 bits per heavy atom. The first-order chi connectivity index (χ1) is 12.9. The van der Waals surface area contributed by atoms with Crippen LogP contribution in [0, 0.1) is 0 Å². The molecule has 3 rings (SSSR count). The van der Waals surface area contributed by atoms with Crippen LogP contribution in [0.4, 0.5) is 0 Å². The number of nitrogens with one attached hydrogen (secondary N) is 1. The quantitative estimate of drug-likeness (QED) is 0.660. The Morgan fingerprint density at radius 1 is 0.926 bits per heavy atom. The van der Waals surface area contributed by atoms with Crippen LogP contribution < -0.4 is 9.46 Å². The summed E-state index contributed by atoms with van der Waals surface area (Å²) in [6.07, 6.45) is 0. The molecule has 7 heteroatoms. The average molecular weight is 385 g/mol. The number of esters is 1. The van der Waals surface area contributed by atoms with E-state index in [4.69, 9.17) is 4.74 Å². The molecule has 0 aromatic heterocycles. The number of carbonyl (C=O) groups excluding carboxylic acids is 1. The lowest BCUT2D eigenvalue weighted by Gasteiger charge is -2.09. The molecular weight excluding hydrogens is 366 g/mol. The van der Waals surface area contributed by atoms with Gasteiger partial charge in [0.15, 0.2) is 0 Å². The summed E-state index contributed by atoms with van der Waals surface area (Å²) < 4.78 is 37.3. The summed E-state index contributed by atoms with van der Waals surface area (Å²) in [4.78, 5) is 11.5. The van der Waals surface area contributed by atoms with Crippen molar-refractivity contribution < 1.29 is 22.7 Å². The minimum absolute atomic E-state index is 0.0840. The van der Waals surface area contributed by atoms with E-state index in [2.05, 4.69) is 9.46 Å². The van der Waals surface area contributed by atoms with Gasteiger partial charge in [0.05, 0.1) is 24.7 Å². The number of ether oxygens (including phenoxy) is 2. The third kappa shape index (κ3) is 4.27. The molecule has 27 heavy (non-hydrogen) atoms. The number of sulfonamides is 1. The molecule has 0 aliphatic heterocycles. The SMILES string of the molecule is COC(=O)c1ccc(S(=O)(=O)NCc2ccc3cc(OC)ccc3c2)cc1. The van der Waals surface area contributed by atoms with Crippen molar-refractivity contribution in [2.45, 2.75) is 11.4 Å². The third-order valence-corrected chi connectivity index (χ3v) is 5.58. The number of rotatable bonds is 6. The van der Waals surface area contributed by atoms with Crippen LogP contribution in [0.15, 0.2) is 65.6 Å². The third-order valence-electron chi connectivity index (χ3n) is 4.16. The van der Waals surface area contributed by atoms with Crippen LogP contribution in [-0.4, -0.2) is 28.6 Å². The molecule has 0 aliphatic carbocycles. The molecule has 0 saturated carbocycles. The zero-order valence-electron chi connectivity index (χ0n) is 14.9. The summed E-state index contributed by atoms with van der Waals surface area (Å²) in [5.41, 5.74) is 1.13. The molecule has 0 fully saturated rings. The summed E-state index contributed by atoms with van der Waals surface area (Å²) in [5.74, 6) is 0.256. The van der Waals surface area contributed by atoms with Crippen molar-refractivity contribution in [1.82, 2.24) is 4.72 Å². The summed E-state index contributed by atoms with van der Waals surface area (Å²) >= 11 is 0. The summed E-state index contributed by atoms with van der Waals surface area (Å²) in [5, 5.41) is 2.01. The Kier molecular flexibility index (Phi) is 5.43. The lowest BCUT2D eigenvalue weighted by atomic mass is 10.1. The van der Waals surface area contributed by atoms with E-state index in [9.17, 15) is 13.2 Å². The molecule has 0 unspecified atom stereocenters. The van der Waals surface area contributed by atoms with E-state index in [0.717, 1.165) is 22.1 Å². The first-order valence-corrected chi connectivity index (χ1v) is 9.66. The molecule has 6 nitrogen and oxygen atoms in total. The Morgan fingerprint density at radius 2 is 1.59 bits per heavy atom. The lowest BCUT2D eigenvalue weighted by molar-refractivity contribution is 0.0600. The molecule has 3 aromatic carbocycles. The van der Waals surface area contributed by atoms with Crippen molar-refractivity contribution >= 4 is 26.8 Å². The Labute approximate surface area is 157 Å². The van der Waals surface area contributed by atoms with Gasteiger partial charge in [-0.1, -0.05) is 18.2 Å². The van der Waals surface area contributed by atoms with Gasteiger partial charge >= 0.3 is 5.97 Å². The van der Waals surface area contributed by atoms with Crippen molar-refractivity contribution in [3.05, 3.63) is 71.8 Å². The summed E-state index contributed by atoms with van der Waals surface area (Å²) in [6.45, 7) is 0.156. The summed E-state index contributed by atoms with van der Waals surface area (Å²) in [6, 6.07) is 17.0. The van der Waals surface area contributed by atoms with Crippen LogP contribution in [-0.2, 0) is 21.3 Å². The highest BCUT2D eigenvalue weighted by Gasteiger charge is 2.15. The Hall–Kier alpha value is -2.90. The molecule has 0 saturated heterocycles. The fourth-order valence-corrected chi connectivity index (χ4v) is 3.68. The minimum Gasteiger partial charge on any atom is -0.497 e. The van der Waals surface area contributed by atoms with E-state index in [1.807, 2.05) is 36.4 Å². The molecule has 3 aromatic rings. The molecular formula is C20H19NO5S. The van der Waals surface area contributed by atoms with Gasteiger partial charge in [-0.25, -0.2) is 17.9 Å². The Bertz CT molecular complexity index is 1080. The second-order valence-corrected chi connectivity index (χ2v) is 7.65. The van der Waals surface area contributed by atoms with E-state index in [-0.39, 0.29) is 11.4 Å². The molecule has 0 aliphatic rings. The number of methoxy groups -OCH3 is 2. The van der Waals surface area contributed by atoms with Crippen molar-refractivity contribution in [3.63, 3.8) is 0 Å². The average Bonchev–Trinajstić information content (AvgIpc) is 2.71. The maximum Gasteiger partial charge on any atom is 0.337 e. The molecule has 0 heterocycles. The highest BCUT2D eigenvalue weighted by atomic mass is 32.2. The number of benzene rings is 3. The number of carbonyl (C=O) groups is 1. The van der Waals surface area contributed by atoms with Crippen molar-refractivity contribution in [3.8, 4) is 5.75 Å². The van der Waals surface area contributed by atoms with Gasteiger partial charge in [-0.2, -0.15) is 0 Å². The highest BCUT2D eigenvalue weighted by Crippen LogP contribution is 2.22. The van der Waals surface area contributed by atoms with Crippen molar-refractivity contribution in [2.24, 2.45) is 0 Å². The molecule has 140 valence electrons. The predicted molar refractivity (Wildman–Crippen MR) is 102 cm³/mol. The van der Waals surface area contributed by atoms with Crippen LogP contribution in [0.3, 0.4) is 0 Å². The van der Waals surface area contributed by atoms with Crippen LogP contribution in [0.5, 0.6) is 5.75 Å². The van der Waals surface area contributed by atoms with Crippen molar-refractivity contribution in [1.29, 1.82) is 0 Å². The molecule has 0 bridgehead atoms. The minimum atomic E-state index is -3.69. The zero-order chi connectivity index (χ0) is 19.4. The standard InChI is InChI=1S/C20H19NO5S/c1-25-18-8-5-16-11-14(3-4-17(16)12-18)13-21-27(23,24)19-9-6-15(7-10-19)20(22)26-2/h3-12,21H,13H2,1-2H3. The second-order valence-electron chi connectivity index (χ2n) is 5.89. The van der Waals surface area contributed by atoms with Gasteiger partial charge < -0.3 is 9.47 Å². The molecule has 1 N–H and O–H groups in total. The zero-order valence-corrected chi connectivity index (χ0v) is 15.7. The first-order valence-electron chi connectivity index (χ1n) is 8.17. The number of fused-ring (bicyclic) bond motifs is 1. The highest BCUT2D eigenvalue weighted by molar-refractivity contribution is 7.89.